The lowest BCUT2D eigenvalue weighted by Gasteiger charge is -2.06. The van der Waals surface area contributed by atoms with Gasteiger partial charge in [0, 0.05) is 15.1 Å². The van der Waals surface area contributed by atoms with Crippen molar-refractivity contribution >= 4 is 33.7 Å². The first-order chi connectivity index (χ1) is 8.95. The van der Waals surface area contributed by atoms with Gasteiger partial charge in [0.2, 0.25) is 0 Å². The summed E-state index contributed by atoms with van der Waals surface area (Å²) in [6.45, 7) is 3.99. The molecule has 0 atom stereocenters. The van der Waals surface area contributed by atoms with Gasteiger partial charge < -0.3 is 5.11 Å². The number of aromatic carboxylic acids is 1. The standard InChI is InChI=1S/C14H12BrNO2S/c1-8-5-9(2)16-13(6-8)19-12-4-3-10(14(17)18)7-11(12)15/h3-7H,1-2H3,(H,17,18). The zero-order valence-corrected chi connectivity index (χ0v) is 12.9. The molecule has 0 aliphatic heterocycles. The number of nitrogens with zero attached hydrogens (tertiary/aromatic N) is 1. The van der Waals surface area contributed by atoms with E-state index in [-0.39, 0.29) is 5.56 Å². The lowest BCUT2D eigenvalue weighted by Crippen LogP contribution is -1.96. The summed E-state index contributed by atoms with van der Waals surface area (Å²) >= 11 is 4.91. The van der Waals surface area contributed by atoms with E-state index in [0.717, 1.165) is 25.7 Å². The molecule has 0 saturated heterocycles. The number of aromatic nitrogens is 1. The Balaban J connectivity index is 2.30. The van der Waals surface area contributed by atoms with Crippen LogP contribution >= 0.6 is 27.7 Å². The monoisotopic (exact) mass is 337 g/mol. The van der Waals surface area contributed by atoms with E-state index >= 15 is 0 Å². The minimum atomic E-state index is -0.929. The van der Waals surface area contributed by atoms with Gasteiger partial charge in [0.1, 0.15) is 5.03 Å². The Kier molecular flexibility index (Phi) is 4.27. The Bertz CT molecular complexity index is 623. The van der Waals surface area contributed by atoms with Crippen molar-refractivity contribution in [1.82, 2.24) is 4.98 Å². The first-order valence-electron chi connectivity index (χ1n) is 5.61. The highest BCUT2D eigenvalue weighted by atomic mass is 79.9. The Labute approximate surface area is 124 Å². The molecule has 5 heteroatoms. The van der Waals surface area contributed by atoms with Gasteiger partial charge in [-0.15, -0.1) is 0 Å². The quantitative estimate of drug-likeness (QED) is 0.906. The molecular formula is C14H12BrNO2S. The van der Waals surface area contributed by atoms with Crippen molar-refractivity contribution in [2.75, 3.05) is 0 Å². The largest absolute Gasteiger partial charge is 0.478 e. The van der Waals surface area contributed by atoms with Crippen LogP contribution in [0.15, 0.2) is 44.7 Å². The maximum atomic E-state index is 10.9. The number of pyridine rings is 1. The minimum Gasteiger partial charge on any atom is -0.478 e. The summed E-state index contributed by atoms with van der Waals surface area (Å²) in [6.07, 6.45) is 0. The second-order valence-electron chi connectivity index (χ2n) is 4.18. The van der Waals surface area contributed by atoms with E-state index in [9.17, 15) is 4.79 Å². The van der Waals surface area contributed by atoms with E-state index in [0.29, 0.717) is 0 Å². The smallest absolute Gasteiger partial charge is 0.335 e. The lowest BCUT2D eigenvalue weighted by atomic mass is 10.2. The van der Waals surface area contributed by atoms with Gasteiger partial charge in [0.25, 0.3) is 0 Å². The van der Waals surface area contributed by atoms with Crippen molar-refractivity contribution in [3.63, 3.8) is 0 Å². The molecule has 0 radical (unpaired) electrons. The van der Waals surface area contributed by atoms with Crippen LogP contribution < -0.4 is 0 Å². The number of halogens is 1. The van der Waals surface area contributed by atoms with Crippen molar-refractivity contribution in [2.24, 2.45) is 0 Å². The molecule has 0 fully saturated rings. The molecule has 0 aliphatic rings. The fourth-order valence-corrected chi connectivity index (χ4v) is 3.26. The van der Waals surface area contributed by atoms with Crippen molar-refractivity contribution in [3.05, 3.63) is 51.6 Å². The summed E-state index contributed by atoms with van der Waals surface area (Å²) in [5, 5.41) is 9.83. The third kappa shape index (κ3) is 3.58. The molecule has 0 saturated carbocycles. The molecule has 1 aromatic heterocycles. The van der Waals surface area contributed by atoms with E-state index in [1.807, 2.05) is 26.0 Å². The van der Waals surface area contributed by atoms with E-state index < -0.39 is 5.97 Å². The average molecular weight is 338 g/mol. The first-order valence-corrected chi connectivity index (χ1v) is 7.22. The van der Waals surface area contributed by atoms with Gasteiger partial charge in [-0.25, -0.2) is 9.78 Å². The van der Waals surface area contributed by atoms with Gasteiger partial charge in [-0.1, -0.05) is 11.8 Å². The number of carboxylic acid groups (broad SMARTS) is 1. The topological polar surface area (TPSA) is 50.2 Å². The highest BCUT2D eigenvalue weighted by Gasteiger charge is 2.09. The average Bonchev–Trinajstić information content (AvgIpc) is 2.30. The zero-order valence-electron chi connectivity index (χ0n) is 10.5. The number of carboxylic acids is 1. The van der Waals surface area contributed by atoms with Crippen molar-refractivity contribution < 1.29 is 9.90 Å². The number of benzene rings is 1. The number of aryl methyl sites for hydroxylation is 2. The molecule has 3 nitrogen and oxygen atoms in total. The molecule has 1 aromatic carbocycles. The van der Waals surface area contributed by atoms with E-state index in [1.54, 1.807) is 18.2 Å². The predicted molar refractivity (Wildman–Crippen MR) is 78.9 cm³/mol. The Morgan fingerprint density at radius 2 is 2.00 bits per heavy atom. The zero-order chi connectivity index (χ0) is 14.0. The normalized spacial score (nSPS) is 10.5. The van der Waals surface area contributed by atoms with Crippen LogP contribution in [0.4, 0.5) is 0 Å². The van der Waals surface area contributed by atoms with Crippen LogP contribution in [0.2, 0.25) is 0 Å². The Morgan fingerprint density at radius 1 is 1.26 bits per heavy atom. The van der Waals surface area contributed by atoms with Gasteiger partial charge in [-0.2, -0.15) is 0 Å². The fourth-order valence-electron chi connectivity index (χ4n) is 1.69. The van der Waals surface area contributed by atoms with E-state index in [4.69, 9.17) is 5.11 Å². The third-order valence-corrected chi connectivity index (χ3v) is 4.38. The minimum absolute atomic E-state index is 0.268. The van der Waals surface area contributed by atoms with Gasteiger partial charge in [-0.05, 0) is 65.7 Å². The summed E-state index contributed by atoms with van der Waals surface area (Å²) in [4.78, 5) is 16.3. The van der Waals surface area contributed by atoms with Crippen molar-refractivity contribution in [2.45, 2.75) is 23.8 Å². The highest BCUT2D eigenvalue weighted by Crippen LogP contribution is 2.33. The maximum absolute atomic E-state index is 10.9. The summed E-state index contributed by atoms with van der Waals surface area (Å²) in [7, 11) is 0. The highest BCUT2D eigenvalue weighted by molar-refractivity contribution is 9.10. The van der Waals surface area contributed by atoms with Crippen LogP contribution in [0.3, 0.4) is 0 Å². The molecule has 1 N–H and O–H groups in total. The predicted octanol–water partition coefficient (Wildman–Crippen LogP) is 4.31. The first kappa shape index (κ1) is 14.1. The molecular weight excluding hydrogens is 326 g/mol. The SMILES string of the molecule is Cc1cc(C)nc(Sc2ccc(C(=O)O)cc2Br)c1. The molecule has 2 aromatic rings. The van der Waals surface area contributed by atoms with Gasteiger partial charge in [-0.3, -0.25) is 0 Å². The molecule has 1 heterocycles. The van der Waals surface area contributed by atoms with Crippen LogP contribution in [0.25, 0.3) is 0 Å². The van der Waals surface area contributed by atoms with E-state index in [2.05, 4.69) is 20.9 Å². The molecule has 19 heavy (non-hydrogen) atoms. The van der Waals surface area contributed by atoms with Crippen LogP contribution in [-0.4, -0.2) is 16.1 Å². The molecule has 2 rings (SSSR count). The summed E-state index contributed by atoms with van der Waals surface area (Å²) in [6, 6.07) is 9.02. The van der Waals surface area contributed by atoms with Crippen LogP contribution in [0.5, 0.6) is 0 Å². The molecule has 0 bridgehead atoms. The second kappa shape index (κ2) is 5.75. The lowest BCUT2D eigenvalue weighted by molar-refractivity contribution is 0.0696. The summed E-state index contributed by atoms with van der Waals surface area (Å²) < 4.78 is 0.762. The molecule has 0 amide bonds. The van der Waals surface area contributed by atoms with Gasteiger partial charge in [0.15, 0.2) is 0 Å². The fraction of sp³-hybridized carbons (Fsp3) is 0.143. The van der Waals surface area contributed by atoms with Gasteiger partial charge >= 0.3 is 5.97 Å². The third-order valence-electron chi connectivity index (χ3n) is 2.47. The second-order valence-corrected chi connectivity index (χ2v) is 6.09. The van der Waals surface area contributed by atoms with Crippen molar-refractivity contribution in [3.8, 4) is 0 Å². The van der Waals surface area contributed by atoms with Crippen LogP contribution in [0.1, 0.15) is 21.6 Å². The molecule has 0 spiro atoms. The van der Waals surface area contributed by atoms with Gasteiger partial charge in [0.05, 0.1) is 5.56 Å². The Hall–Kier alpha value is -1.33. The molecule has 0 aliphatic carbocycles. The van der Waals surface area contributed by atoms with E-state index in [1.165, 1.54) is 11.8 Å². The van der Waals surface area contributed by atoms with Crippen molar-refractivity contribution in [1.29, 1.82) is 0 Å². The number of rotatable bonds is 3. The number of hydrogen-bond donors (Lipinski definition) is 1. The Morgan fingerprint density at radius 3 is 2.58 bits per heavy atom. The summed E-state index contributed by atoms with van der Waals surface area (Å²) in [5.41, 5.74) is 2.40. The maximum Gasteiger partial charge on any atom is 0.335 e. The number of hydrogen-bond acceptors (Lipinski definition) is 3. The van der Waals surface area contributed by atoms with Crippen LogP contribution in [-0.2, 0) is 0 Å². The van der Waals surface area contributed by atoms with Crippen LogP contribution in [0, 0.1) is 13.8 Å². The molecule has 0 unspecified atom stereocenters. The number of carbonyl (C=O) groups is 1. The molecule has 98 valence electrons. The summed E-state index contributed by atoms with van der Waals surface area (Å²) in [5.74, 6) is -0.929.